The summed E-state index contributed by atoms with van der Waals surface area (Å²) in [5.74, 6) is -2.02. The van der Waals surface area contributed by atoms with E-state index in [1.165, 1.54) is 6.07 Å². The number of hydrogen-bond donors (Lipinski definition) is 2. The molecule has 7 nitrogen and oxygen atoms in total. The zero-order chi connectivity index (χ0) is 20.1. The van der Waals surface area contributed by atoms with Gasteiger partial charge in [0.25, 0.3) is 0 Å². The zero-order valence-electron chi connectivity index (χ0n) is 16.1. The first-order valence-electron chi connectivity index (χ1n) is 9.24. The highest BCUT2D eigenvalue weighted by molar-refractivity contribution is 6.39. The smallest absolute Gasteiger partial charge is 0.313 e. The quantitative estimate of drug-likeness (QED) is 0.763. The van der Waals surface area contributed by atoms with E-state index < -0.39 is 17.6 Å². The summed E-state index contributed by atoms with van der Waals surface area (Å²) in [4.78, 5) is 26.7. The van der Waals surface area contributed by atoms with Gasteiger partial charge in [0.2, 0.25) is 0 Å². The first-order valence-corrected chi connectivity index (χ1v) is 9.24. The average molecular weight is 388 g/mol. The number of anilines is 1. The molecule has 8 heteroatoms. The maximum Gasteiger partial charge on any atom is 0.313 e. The highest BCUT2D eigenvalue weighted by atomic mass is 19.1. The molecule has 0 saturated carbocycles. The maximum atomic E-state index is 13.6. The van der Waals surface area contributed by atoms with Crippen LogP contribution in [0.2, 0.25) is 0 Å². The van der Waals surface area contributed by atoms with E-state index in [4.69, 9.17) is 4.74 Å². The van der Waals surface area contributed by atoms with Crippen molar-refractivity contribution in [3.8, 4) is 0 Å². The third-order valence-corrected chi connectivity index (χ3v) is 4.90. The van der Waals surface area contributed by atoms with Crippen LogP contribution >= 0.6 is 0 Å². The third kappa shape index (κ3) is 4.76. The van der Waals surface area contributed by atoms with Crippen LogP contribution in [0.25, 0.3) is 0 Å². The molecule has 1 aromatic heterocycles. The van der Waals surface area contributed by atoms with Gasteiger partial charge in [-0.3, -0.25) is 14.5 Å². The number of ether oxygens (including phenoxy) is 1. The fraction of sp³-hybridized carbons (Fsp3) is 0.400. The fourth-order valence-corrected chi connectivity index (χ4v) is 3.26. The van der Waals surface area contributed by atoms with Crippen LogP contribution in [0.3, 0.4) is 0 Å². The lowest BCUT2D eigenvalue weighted by Crippen LogP contribution is -2.46. The molecule has 0 unspecified atom stereocenters. The van der Waals surface area contributed by atoms with E-state index in [-0.39, 0.29) is 18.3 Å². The van der Waals surface area contributed by atoms with Crippen LogP contribution in [-0.4, -0.2) is 54.1 Å². The number of amides is 2. The van der Waals surface area contributed by atoms with Crippen LogP contribution in [0.5, 0.6) is 0 Å². The van der Waals surface area contributed by atoms with Gasteiger partial charge in [-0.05, 0) is 36.8 Å². The van der Waals surface area contributed by atoms with Crippen molar-refractivity contribution in [2.24, 2.45) is 7.05 Å². The Morgan fingerprint density at radius 1 is 1.21 bits per heavy atom. The number of carbonyl (C=O) groups excluding carboxylic acids is 2. The molecule has 150 valence electrons. The Morgan fingerprint density at radius 2 is 1.96 bits per heavy atom. The van der Waals surface area contributed by atoms with Gasteiger partial charge in [0.15, 0.2) is 0 Å². The highest BCUT2D eigenvalue weighted by Gasteiger charge is 2.26. The van der Waals surface area contributed by atoms with E-state index in [0.29, 0.717) is 18.8 Å². The van der Waals surface area contributed by atoms with E-state index >= 15 is 0 Å². The Balaban J connectivity index is 1.63. The molecule has 0 radical (unpaired) electrons. The Kier molecular flexibility index (Phi) is 6.43. The number of hydrogen-bond acceptors (Lipinski definition) is 4. The van der Waals surface area contributed by atoms with Crippen molar-refractivity contribution in [3.63, 3.8) is 0 Å². The Morgan fingerprint density at radius 3 is 2.61 bits per heavy atom. The van der Waals surface area contributed by atoms with Crippen molar-refractivity contribution < 1.29 is 18.7 Å². The minimum absolute atomic E-state index is 0.0718. The molecule has 1 aromatic carbocycles. The Hall–Kier alpha value is -2.71. The van der Waals surface area contributed by atoms with Crippen LogP contribution in [0.15, 0.2) is 36.5 Å². The van der Waals surface area contributed by atoms with Gasteiger partial charge < -0.3 is 19.9 Å². The minimum Gasteiger partial charge on any atom is -0.379 e. The van der Waals surface area contributed by atoms with Crippen LogP contribution in [0.4, 0.5) is 10.1 Å². The summed E-state index contributed by atoms with van der Waals surface area (Å²) >= 11 is 0. The summed E-state index contributed by atoms with van der Waals surface area (Å²) in [6.45, 7) is 4.68. The molecule has 3 rings (SSSR count). The van der Waals surface area contributed by atoms with Crippen LogP contribution in [-0.2, 0) is 21.4 Å². The second-order valence-corrected chi connectivity index (χ2v) is 6.84. The molecular weight excluding hydrogens is 363 g/mol. The minimum atomic E-state index is -0.823. The van der Waals surface area contributed by atoms with Gasteiger partial charge in [0, 0.05) is 44.3 Å². The molecule has 2 aromatic rings. The number of nitrogens with one attached hydrogen (secondary N) is 2. The largest absolute Gasteiger partial charge is 0.379 e. The van der Waals surface area contributed by atoms with E-state index in [1.54, 1.807) is 19.1 Å². The second kappa shape index (κ2) is 8.99. The molecule has 0 bridgehead atoms. The van der Waals surface area contributed by atoms with Gasteiger partial charge in [0.1, 0.15) is 5.82 Å². The van der Waals surface area contributed by atoms with E-state index in [9.17, 15) is 14.0 Å². The molecule has 1 aliphatic rings. The third-order valence-electron chi connectivity index (χ3n) is 4.90. The molecular formula is C20H25FN4O3. The normalized spacial score (nSPS) is 15.8. The fourth-order valence-electron chi connectivity index (χ4n) is 3.26. The van der Waals surface area contributed by atoms with Crippen LogP contribution in [0, 0.1) is 12.7 Å². The number of halogens is 1. The highest BCUT2D eigenvalue weighted by Crippen LogP contribution is 2.21. The molecule has 1 atom stereocenters. The van der Waals surface area contributed by atoms with Gasteiger partial charge in [-0.2, -0.15) is 0 Å². The zero-order valence-corrected chi connectivity index (χ0v) is 16.1. The summed E-state index contributed by atoms with van der Waals surface area (Å²) in [7, 11) is 1.95. The number of rotatable bonds is 5. The molecule has 1 fully saturated rings. The van der Waals surface area contributed by atoms with Crippen LogP contribution < -0.4 is 10.6 Å². The van der Waals surface area contributed by atoms with Gasteiger partial charge >= 0.3 is 11.8 Å². The van der Waals surface area contributed by atoms with E-state index in [2.05, 4.69) is 15.5 Å². The number of carbonyl (C=O) groups is 2. The first-order chi connectivity index (χ1) is 13.5. The molecule has 2 N–H and O–H groups in total. The summed E-state index contributed by atoms with van der Waals surface area (Å²) in [6, 6.07) is 8.18. The van der Waals surface area contributed by atoms with Crippen molar-refractivity contribution >= 4 is 17.5 Å². The number of nitrogens with zero attached hydrogens (tertiary/aromatic N) is 2. The van der Waals surface area contributed by atoms with Gasteiger partial charge in [-0.25, -0.2) is 4.39 Å². The van der Waals surface area contributed by atoms with E-state index in [1.807, 2.05) is 29.9 Å². The second-order valence-electron chi connectivity index (χ2n) is 6.84. The van der Waals surface area contributed by atoms with Crippen molar-refractivity contribution in [3.05, 3.63) is 53.6 Å². The summed E-state index contributed by atoms with van der Waals surface area (Å²) in [5.41, 5.74) is 1.76. The molecule has 1 saturated heterocycles. The Labute approximate surface area is 163 Å². The number of aromatic nitrogens is 1. The average Bonchev–Trinajstić information content (AvgIpc) is 3.11. The lowest BCUT2D eigenvalue weighted by molar-refractivity contribution is -0.136. The topological polar surface area (TPSA) is 75.6 Å². The number of morpholine rings is 1. The van der Waals surface area contributed by atoms with Crippen molar-refractivity contribution in [1.82, 2.24) is 14.8 Å². The predicted octanol–water partition coefficient (Wildman–Crippen LogP) is 1.60. The monoisotopic (exact) mass is 388 g/mol. The SMILES string of the molecule is Cc1ccc(NC(=O)C(=O)NC[C@H](c2cccn2C)N2CCOCC2)cc1F. The molecule has 2 heterocycles. The van der Waals surface area contributed by atoms with Crippen LogP contribution in [0.1, 0.15) is 17.3 Å². The standard InChI is InChI=1S/C20H25FN4O3/c1-14-5-6-15(12-16(14)21)23-20(27)19(26)22-13-18(17-4-3-7-24(17)2)25-8-10-28-11-9-25/h3-7,12,18H,8-11,13H2,1-2H3,(H,22,26)(H,23,27)/t18-/m1/s1. The maximum absolute atomic E-state index is 13.6. The number of aryl methyl sites for hydroxylation is 2. The lowest BCUT2D eigenvalue weighted by Gasteiger charge is -2.34. The first kappa shape index (κ1) is 20.0. The van der Waals surface area contributed by atoms with Crippen molar-refractivity contribution in [2.75, 3.05) is 38.2 Å². The molecule has 28 heavy (non-hydrogen) atoms. The van der Waals surface area contributed by atoms with Gasteiger partial charge in [-0.15, -0.1) is 0 Å². The summed E-state index contributed by atoms with van der Waals surface area (Å²) < 4.78 is 21.0. The van der Waals surface area contributed by atoms with Crippen molar-refractivity contribution in [2.45, 2.75) is 13.0 Å². The summed E-state index contributed by atoms with van der Waals surface area (Å²) in [5, 5.41) is 5.13. The van der Waals surface area contributed by atoms with Crippen molar-refractivity contribution in [1.29, 1.82) is 0 Å². The predicted molar refractivity (Wildman–Crippen MR) is 103 cm³/mol. The van der Waals surface area contributed by atoms with Gasteiger partial charge in [0.05, 0.1) is 19.3 Å². The Bertz CT molecular complexity index is 846. The molecule has 1 aliphatic heterocycles. The van der Waals surface area contributed by atoms with E-state index in [0.717, 1.165) is 18.8 Å². The molecule has 2 amide bonds. The molecule has 0 aliphatic carbocycles. The molecule has 0 spiro atoms. The lowest BCUT2D eigenvalue weighted by atomic mass is 10.1. The summed E-state index contributed by atoms with van der Waals surface area (Å²) in [6.07, 6.45) is 1.95. The van der Waals surface area contributed by atoms with Gasteiger partial charge in [-0.1, -0.05) is 6.07 Å². The number of benzene rings is 1.